The van der Waals surface area contributed by atoms with E-state index in [9.17, 15) is 0 Å². The lowest BCUT2D eigenvalue weighted by atomic mass is 10.0. The molecule has 0 fully saturated rings. The van der Waals surface area contributed by atoms with Gasteiger partial charge in [0.15, 0.2) is 0 Å². The Morgan fingerprint density at radius 3 is 2.20 bits per heavy atom. The normalized spacial score (nSPS) is 11.4. The van der Waals surface area contributed by atoms with Gasteiger partial charge in [-0.2, -0.15) is 0 Å². The number of imidazole rings is 2. The second kappa shape index (κ2) is 5.46. The second-order valence-electron chi connectivity index (χ2n) is 5.96. The molecule has 0 radical (unpaired) electrons. The van der Waals surface area contributed by atoms with Crippen molar-refractivity contribution >= 4 is 33.7 Å². The molecule has 0 saturated heterocycles. The molecule has 0 spiro atoms. The fourth-order valence-electron chi connectivity index (χ4n) is 3.05. The zero-order chi connectivity index (χ0) is 16.8. The minimum absolute atomic E-state index is 0.719. The van der Waals surface area contributed by atoms with Gasteiger partial charge in [0.1, 0.15) is 5.82 Å². The standard InChI is InChI=1S/C20H13ClN4/c21-15-5-1-12(2-6-15)20-24-17-8-4-14(10-19(17)25-20)13-3-7-16-18(9-13)23-11-22-16/h1-11H,(H,22,23)(H,24,25). The third-order valence-corrected chi connectivity index (χ3v) is 4.61. The fourth-order valence-corrected chi connectivity index (χ4v) is 3.17. The number of halogens is 1. The van der Waals surface area contributed by atoms with Crippen LogP contribution in [-0.2, 0) is 0 Å². The molecular weight excluding hydrogens is 332 g/mol. The van der Waals surface area contributed by atoms with E-state index in [1.165, 1.54) is 0 Å². The van der Waals surface area contributed by atoms with E-state index in [-0.39, 0.29) is 0 Å². The summed E-state index contributed by atoms with van der Waals surface area (Å²) in [6, 6.07) is 20.1. The molecule has 2 aromatic heterocycles. The van der Waals surface area contributed by atoms with E-state index in [4.69, 9.17) is 11.6 Å². The second-order valence-corrected chi connectivity index (χ2v) is 6.40. The molecule has 5 heteroatoms. The lowest BCUT2D eigenvalue weighted by Crippen LogP contribution is -1.79. The lowest BCUT2D eigenvalue weighted by Gasteiger charge is -2.01. The molecule has 0 unspecified atom stereocenters. The molecule has 25 heavy (non-hydrogen) atoms. The summed E-state index contributed by atoms with van der Waals surface area (Å²) in [7, 11) is 0. The van der Waals surface area contributed by atoms with Crippen molar-refractivity contribution in [1.82, 2.24) is 19.9 Å². The number of benzene rings is 3. The number of hydrogen-bond donors (Lipinski definition) is 2. The van der Waals surface area contributed by atoms with Crippen LogP contribution in [0.5, 0.6) is 0 Å². The van der Waals surface area contributed by atoms with E-state index in [0.29, 0.717) is 0 Å². The number of aromatic amines is 2. The number of hydrogen-bond acceptors (Lipinski definition) is 2. The molecular formula is C20H13ClN4. The Balaban J connectivity index is 1.60. The van der Waals surface area contributed by atoms with E-state index in [2.05, 4.69) is 44.2 Å². The molecule has 5 aromatic rings. The maximum atomic E-state index is 5.96. The van der Waals surface area contributed by atoms with E-state index < -0.39 is 0 Å². The van der Waals surface area contributed by atoms with Crippen LogP contribution in [0.4, 0.5) is 0 Å². The lowest BCUT2D eigenvalue weighted by molar-refractivity contribution is 1.34. The molecule has 0 aliphatic heterocycles. The molecule has 4 nitrogen and oxygen atoms in total. The van der Waals surface area contributed by atoms with Crippen LogP contribution < -0.4 is 0 Å². The quantitative estimate of drug-likeness (QED) is 0.449. The molecule has 5 rings (SSSR count). The summed E-state index contributed by atoms with van der Waals surface area (Å²) in [5.41, 5.74) is 7.24. The largest absolute Gasteiger partial charge is 0.345 e. The molecule has 0 amide bonds. The first-order valence-electron chi connectivity index (χ1n) is 7.95. The van der Waals surface area contributed by atoms with Crippen LogP contribution in [-0.4, -0.2) is 19.9 Å². The molecule has 3 aromatic carbocycles. The Labute approximate surface area is 148 Å². The zero-order valence-corrected chi connectivity index (χ0v) is 13.9. The van der Waals surface area contributed by atoms with Gasteiger partial charge in [0.25, 0.3) is 0 Å². The highest BCUT2D eigenvalue weighted by Gasteiger charge is 2.08. The van der Waals surface area contributed by atoms with Crippen LogP contribution in [0.15, 0.2) is 67.0 Å². The van der Waals surface area contributed by atoms with Crippen LogP contribution in [0.3, 0.4) is 0 Å². The third kappa shape index (κ3) is 2.47. The summed E-state index contributed by atoms with van der Waals surface area (Å²) >= 11 is 5.96. The van der Waals surface area contributed by atoms with Crippen LogP contribution in [0.25, 0.3) is 44.6 Å². The molecule has 2 heterocycles. The van der Waals surface area contributed by atoms with Crippen molar-refractivity contribution in [3.8, 4) is 22.5 Å². The number of fused-ring (bicyclic) bond motifs is 2. The van der Waals surface area contributed by atoms with Crippen molar-refractivity contribution in [2.45, 2.75) is 0 Å². The predicted octanol–water partition coefficient (Wildman–Crippen LogP) is 5.43. The van der Waals surface area contributed by atoms with Gasteiger partial charge in [-0.05, 0) is 59.7 Å². The molecule has 0 atom stereocenters. The summed E-state index contributed by atoms with van der Waals surface area (Å²) in [6.07, 6.45) is 1.71. The van der Waals surface area contributed by atoms with Crippen molar-refractivity contribution in [2.24, 2.45) is 0 Å². The SMILES string of the molecule is Clc1ccc(-c2nc3ccc(-c4ccc5nc[nH]c5c4)cc3[nH]2)cc1. The third-order valence-electron chi connectivity index (χ3n) is 4.35. The maximum absolute atomic E-state index is 5.96. The minimum atomic E-state index is 0.719. The van der Waals surface area contributed by atoms with Crippen molar-refractivity contribution in [3.63, 3.8) is 0 Å². The Morgan fingerprint density at radius 2 is 1.40 bits per heavy atom. The van der Waals surface area contributed by atoms with Crippen LogP contribution in [0.2, 0.25) is 5.02 Å². The van der Waals surface area contributed by atoms with Crippen molar-refractivity contribution < 1.29 is 0 Å². The van der Waals surface area contributed by atoms with Gasteiger partial charge >= 0.3 is 0 Å². The monoisotopic (exact) mass is 344 g/mol. The van der Waals surface area contributed by atoms with Crippen LogP contribution >= 0.6 is 11.6 Å². The van der Waals surface area contributed by atoms with Crippen molar-refractivity contribution in [2.75, 3.05) is 0 Å². The van der Waals surface area contributed by atoms with E-state index >= 15 is 0 Å². The molecule has 0 aliphatic rings. The molecule has 2 N–H and O–H groups in total. The zero-order valence-electron chi connectivity index (χ0n) is 13.1. The first-order valence-corrected chi connectivity index (χ1v) is 8.33. The summed E-state index contributed by atoms with van der Waals surface area (Å²) in [5, 5.41) is 0.719. The van der Waals surface area contributed by atoms with E-state index in [1.807, 2.05) is 36.4 Å². The Kier molecular flexibility index (Phi) is 3.11. The van der Waals surface area contributed by atoms with Gasteiger partial charge in [-0.15, -0.1) is 0 Å². The summed E-state index contributed by atoms with van der Waals surface area (Å²) < 4.78 is 0. The van der Waals surface area contributed by atoms with Crippen molar-refractivity contribution in [1.29, 1.82) is 0 Å². The topological polar surface area (TPSA) is 57.4 Å². The number of rotatable bonds is 2. The van der Waals surface area contributed by atoms with Gasteiger partial charge in [-0.1, -0.05) is 23.7 Å². The molecule has 0 bridgehead atoms. The average molecular weight is 345 g/mol. The van der Waals surface area contributed by atoms with Crippen LogP contribution in [0, 0.1) is 0 Å². The summed E-state index contributed by atoms with van der Waals surface area (Å²) in [5.74, 6) is 0.841. The number of aromatic nitrogens is 4. The van der Waals surface area contributed by atoms with E-state index in [1.54, 1.807) is 6.33 Å². The molecule has 0 saturated carbocycles. The van der Waals surface area contributed by atoms with E-state index in [0.717, 1.165) is 49.6 Å². The minimum Gasteiger partial charge on any atom is -0.345 e. The predicted molar refractivity (Wildman–Crippen MR) is 102 cm³/mol. The highest BCUT2D eigenvalue weighted by Crippen LogP contribution is 2.28. The Bertz CT molecular complexity index is 1200. The first kappa shape index (κ1) is 14.3. The Hall–Kier alpha value is -3.11. The molecule has 0 aliphatic carbocycles. The van der Waals surface area contributed by atoms with Gasteiger partial charge < -0.3 is 9.97 Å². The highest BCUT2D eigenvalue weighted by atomic mass is 35.5. The van der Waals surface area contributed by atoms with Crippen LogP contribution in [0.1, 0.15) is 0 Å². The maximum Gasteiger partial charge on any atom is 0.138 e. The van der Waals surface area contributed by atoms with Crippen molar-refractivity contribution in [3.05, 3.63) is 72.0 Å². The number of H-pyrrole nitrogens is 2. The first-order chi connectivity index (χ1) is 12.3. The summed E-state index contributed by atoms with van der Waals surface area (Å²) in [6.45, 7) is 0. The van der Waals surface area contributed by atoms with Gasteiger partial charge in [0.2, 0.25) is 0 Å². The highest BCUT2D eigenvalue weighted by molar-refractivity contribution is 6.30. The van der Waals surface area contributed by atoms with Gasteiger partial charge in [-0.3, -0.25) is 0 Å². The molecule has 120 valence electrons. The smallest absolute Gasteiger partial charge is 0.138 e. The van der Waals surface area contributed by atoms with Gasteiger partial charge in [0.05, 0.1) is 28.4 Å². The van der Waals surface area contributed by atoms with Gasteiger partial charge in [0, 0.05) is 10.6 Å². The average Bonchev–Trinajstić information content (AvgIpc) is 3.27. The fraction of sp³-hybridized carbons (Fsp3) is 0. The number of nitrogens with one attached hydrogen (secondary N) is 2. The van der Waals surface area contributed by atoms with Gasteiger partial charge in [-0.25, -0.2) is 9.97 Å². The summed E-state index contributed by atoms with van der Waals surface area (Å²) in [4.78, 5) is 15.5. The Morgan fingerprint density at radius 1 is 0.720 bits per heavy atom. The number of nitrogens with zero attached hydrogens (tertiary/aromatic N) is 2.